The molecule has 1 rings (SSSR count). The third kappa shape index (κ3) is 3.80. The number of carbonyl (C=O) groups excluding carboxylic acids is 1. The van der Waals surface area contributed by atoms with Crippen molar-refractivity contribution in [1.82, 2.24) is 9.88 Å². The van der Waals surface area contributed by atoms with Crippen LogP contribution in [0.4, 0.5) is 0 Å². The van der Waals surface area contributed by atoms with Gasteiger partial charge < -0.3 is 10.0 Å². The topological polar surface area (TPSA) is 53.4 Å². The standard InChI is InChI=1S/C15H20N2O2/c1-11(2)12(3)17(4)15(19)14-13(8-6-10-18)7-5-9-16-14/h5,7,9,11-12,18H,10H2,1-4H3. The van der Waals surface area contributed by atoms with Gasteiger partial charge in [-0.05, 0) is 25.0 Å². The second-order valence-corrected chi connectivity index (χ2v) is 4.76. The highest BCUT2D eigenvalue weighted by Crippen LogP contribution is 2.13. The van der Waals surface area contributed by atoms with Crippen LogP contribution in [0.2, 0.25) is 0 Å². The minimum atomic E-state index is -0.235. The van der Waals surface area contributed by atoms with Gasteiger partial charge in [-0.2, -0.15) is 0 Å². The van der Waals surface area contributed by atoms with E-state index < -0.39 is 0 Å². The van der Waals surface area contributed by atoms with E-state index in [1.807, 2.05) is 6.92 Å². The van der Waals surface area contributed by atoms with Crippen LogP contribution in [0.1, 0.15) is 36.8 Å². The van der Waals surface area contributed by atoms with Crippen molar-refractivity contribution in [3.63, 3.8) is 0 Å². The van der Waals surface area contributed by atoms with Gasteiger partial charge in [-0.15, -0.1) is 0 Å². The van der Waals surface area contributed by atoms with E-state index in [0.717, 1.165) is 0 Å². The highest BCUT2D eigenvalue weighted by atomic mass is 16.2. The van der Waals surface area contributed by atoms with Gasteiger partial charge in [0.25, 0.3) is 5.91 Å². The first-order chi connectivity index (χ1) is 8.99. The Hall–Kier alpha value is -1.86. The summed E-state index contributed by atoms with van der Waals surface area (Å²) in [5.74, 6) is 5.52. The number of aromatic nitrogens is 1. The highest BCUT2D eigenvalue weighted by molar-refractivity contribution is 5.94. The summed E-state index contributed by atoms with van der Waals surface area (Å²) >= 11 is 0. The van der Waals surface area contributed by atoms with Gasteiger partial charge in [-0.25, -0.2) is 4.98 Å². The van der Waals surface area contributed by atoms with Crippen LogP contribution in [0, 0.1) is 17.8 Å². The van der Waals surface area contributed by atoms with E-state index in [2.05, 4.69) is 30.7 Å². The van der Waals surface area contributed by atoms with Crippen molar-refractivity contribution >= 4 is 5.91 Å². The van der Waals surface area contributed by atoms with Crippen LogP contribution in [-0.4, -0.2) is 40.6 Å². The van der Waals surface area contributed by atoms with Crippen LogP contribution in [0.5, 0.6) is 0 Å². The lowest BCUT2D eigenvalue weighted by molar-refractivity contribution is 0.0701. The second-order valence-electron chi connectivity index (χ2n) is 4.76. The van der Waals surface area contributed by atoms with Gasteiger partial charge in [0.15, 0.2) is 0 Å². The molecular weight excluding hydrogens is 240 g/mol. The van der Waals surface area contributed by atoms with E-state index in [9.17, 15) is 4.79 Å². The molecule has 4 heteroatoms. The van der Waals surface area contributed by atoms with E-state index >= 15 is 0 Å². The maximum absolute atomic E-state index is 12.4. The van der Waals surface area contributed by atoms with Crippen molar-refractivity contribution < 1.29 is 9.90 Å². The quantitative estimate of drug-likeness (QED) is 0.839. The Morgan fingerprint density at radius 3 is 2.74 bits per heavy atom. The number of aliphatic hydroxyl groups is 1. The van der Waals surface area contributed by atoms with Crippen LogP contribution in [0.3, 0.4) is 0 Å². The Morgan fingerprint density at radius 2 is 2.16 bits per heavy atom. The molecule has 1 aromatic rings. The Labute approximate surface area is 114 Å². The van der Waals surface area contributed by atoms with E-state index in [1.165, 1.54) is 0 Å². The summed E-state index contributed by atoms with van der Waals surface area (Å²) in [4.78, 5) is 18.2. The highest BCUT2D eigenvalue weighted by Gasteiger charge is 2.22. The van der Waals surface area contributed by atoms with Gasteiger partial charge in [0, 0.05) is 19.3 Å². The first kappa shape index (κ1) is 15.2. The molecule has 0 radical (unpaired) electrons. The average Bonchev–Trinajstić information content (AvgIpc) is 2.42. The summed E-state index contributed by atoms with van der Waals surface area (Å²) in [5, 5.41) is 8.74. The zero-order chi connectivity index (χ0) is 14.4. The molecule has 102 valence electrons. The molecule has 1 heterocycles. The number of rotatable bonds is 3. The fraction of sp³-hybridized carbons (Fsp3) is 0.467. The van der Waals surface area contributed by atoms with Crippen molar-refractivity contribution in [3.8, 4) is 11.8 Å². The number of carbonyl (C=O) groups is 1. The summed E-state index contributed by atoms with van der Waals surface area (Å²) in [6.45, 7) is 5.91. The lowest BCUT2D eigenvalue weighted by Crippen LogP contribution is -2.39. The molecule has 0 saturated heterocycles. The molecule has 0 saturated carbocycles. The van der Waals surface area contributed by atoms with Crippen LogP contribution >= 0.6 is 0 Å². The zero-order valence-electron chi connectivity index (χ0n) is 11.8. The molecule has 4 nitrogen and oxygen atoms in total. The minimum absolute atomic E-state index is 0.119. The number of nitrogens with zero attached hydrogens (tertiary/aromatic N) is 2. The molecule has 0 fully saturated rings. The zero-order valence-corrected chi connectivity index (χ0v) is 11.8. The van der Waals surface area contributed by atoms with Crippen molar-refractivity contribution in [3.05, 3.63) is 29.6 Å². The summed E-state index contributed by atoms with van der Waals surface area (Å²) in [6.07, 6.45) is 1.57. The minimum Gasteiger partial charge on any atom is -0.384 e. The van der Waals surface area contributed by atoms with E-state index in [-0.39, 0.29) is 18.6 Å². The summed E-state index contributed by atoms with van der Waals surface area (Å²) in [6, 6.07) is 3.58. The van der Waals surface area contributed by atoms with Gasteiger partial charge in [0.2, 0.25) is 0 Å². The van der Waals surface area contributed by atoms with E-state index in [4.69, 9.17) is 5.11 Å². The predicted octanol–water partition coefficient (Wildman–Crippen LogP) is 1.54. The first-order valence-electron chi connectivity index (χ1n) is 6.31. The van der Waals surface area contributed by atoms with Crippen molar-refractivity contribution in [1.29, 1.82) is 0 Å². The van der Waals surface area contributed by atoms with Gasteiger partial charge in [0.1, 0.15) is 12.3 Å². The average molecular weight is 260 g/mol. The third-order valence-corrected chi connectivity index (χ3v) is 3.21. The van der Waals surface area contributed by atoms with Crippen molar-refractivity contribution in [2.45, 2.75) is 26.8 Å². The number of hydrogen-bond donors (Lipinski definition) is 1. The first-order valence-corrected chi connectivity index (χ1v) is 6.31. The molecule has 1 amide bonds. The van der Waals surface area contributed by atoms with Crippen LogP contribution in [0.15, 0.2) is 18.3 Å². The molecule has 0 spiro atoms. The number of pyridine rings is 1. The van der Waals surface area contributed by atoms with Crippen molar-refractivity contribution in [2.75, 3.05) is 13.7 Å². The van der Waals surface area contributed by atoms with Crippen LogP contribution < -0.4 is 0 Å². The molecule has 1 unspecified atom stereocenters. The molecule has 0 aliphatic carbocycles. The molecule has 19 heavy (non-hydrogen) atoms. The smallest absolute Gasteiger partial charge is 0.273 e. The maximum Gasteiger partial charge on any atom is 0.273 e. The maximum atomic E-state index is 12.4. The lowest BCUT2D eigenvalue weighted by Gasteiger charge is -2.27. The molecule has 1 atom stereocenters. The summed E-state index contributed by atoms with van der Waals surface area (Å²) in [7, 11) is 1.77. The van der Waals surface area contributed by atoms with Crippen LogP contribution in [0.25, 0.3) is 0 Å². The number of aliphatic hydroxyl groups excluding tert-OH is 1. The van der Waals surface area contributed by atoms with Crippen molar-refractivity contribution in [2.24, 2.45) is 5.92 Å². The fourth-order valence-electron chi connectivity index (χ4n) is 1.61. The van der Waals surface area contributed by atoms with Gasteiger partial charge in [-0.3, -0.25) is 4.79 Å². The van der Waals surface area contributed by atoms with E-state index in [0.29, 0.717) is 17.2 Å². The number of amides is 1. The van der Waals surface area contributed by atoms with Crippen LogP contribution in [-0.2, 0) is 0 Å². The number of hydrogen-bond acceptors (Lipinski definition) is 3. The Kier molecular flexibility index (Phi) is 5.53. The molecule has 0 bridgehead atoms. The monoisotopic (exact) mass is 260 g/mol. The predicted molar refractivity (Wildman–Crippen MR) is 74.6 cm³/mol. The Morgan fingerprint density at radius 1 is 1.47 bits per heavy atom. The summed E-state index contributed by atoms with van der Waals surface area (Å²) < 4.78 is 0. The Balaban J connectivity index is 3.06. The molecule has 1 aromatic heterocycles. The lowest BCUT2D eigenvalue weighted by atomic mass is 10.0. The molecular formula is C15H20N2O2. The normalized spacial score (nSPS) is 11.7. The molecule has 0 aliphatic rings. The van der Waals surface area contributed by atoms with E-state index in [1.54, 1.807) is 30.3 Å². The summed E-state index contributed by atoms with van der Waals surface area (Å²) in [5.41, 5.74) is 0.878. The van der Waals surface area contributed by atoms with Gasteiger partial charge in [0.05, 0.1) is 5.56 Å². The molecule has 0 aliphatic heterocycles. The SMILES string of the molecule is CC(C)C(C)N(C)C(=O)c1ncccc1C#CCO. The Bertz CT molecular complexity index is 500. The molecule has 1 N–H and O–H groups in total. The fourth-order valence-corrected chi connectivity index (χ4v) is 1.61. The van der Waals surface area contributed by atoms with Gasteiger partial charge in [-0.1, -0.05) is 25.7 Å². The largest absolute Gasteiger partial charge is 0.384 e. The van der Waals surface area contributed by atoms with Gasteiger partial charge >= 0.3 is 0 Å². The third-order valence-electron chi connectivity index (χ3n) is 3.21. The second kappa shape index (κ2) is 6.91. The molecule has 0 aromatic carbocycles.